The van der Waals surface area contributed by atoms with Gasteiger partial charge in [-0.15, -0.1) is 0 Å². The van der Waals surface area contributed by atoms with Crippen molar-refractivity contribution in [3.63, 3.8) is 0 Å². The van der Waals surface area contributed by atoms with E-state index in [1.54, 1.807) is 0 Å². The van der Waals surface area contributed by atoms with Crippen molar-refractivity contribution in [1.29, 1.82) is 0 Å². The van der Waals surface area contributed by atoms with Gasteiger partial charge in [-0.3, -0.25) is 14.8 Å². The molecule has 0 spiro atoms. The van der Waals surface area contributed by atoms with E-state index in [4.69, 9.17) is 4.74 Å². The van der Waals surface area contributed by atoms with E-state index < -0.39 is 0 Å². The van der Waals surface area contributed by atoms with E-state index in [1.165, 1.54) is 0 Å². The minimum absolute atomic E-state index is 0.0394. The van der Waals surface area contributed by atoms with Gasteiger partial charge in [0.2, 0.25) is 0 Å². The Labute approximate surface area is 174 Å². The number of carbonyl (C=O) groups is 2. The molecule has 7 nitrogen and oxygen atoms in total. The van der Waals surface area contributed by atoms with E-state index in [9.17, 15) is 9.59 Å². The second-order valence-corrected chi connectivity index (χ2v) is 8.00. The molecule has 2 aliphatic heterocycles. The molecule has 0 unspecified atom stereocenters. The number of hydrogen-bond acceptors (Lipinski definition) is 4. The Morgan fingerprint density at radius 1 is 1.07 bits per heavy atom. The van der Waals surface area contributed by atoms with Crippen LogP contribution in [0.25, 0.3) is 10.9 Å². The summed E-state index contributed by atoms with van der Waals surface area (Å²) in [6, 6.07) is 17.5. The van der Waals surface area contributed by atoms with Gasteiger partial charge in [-0.05, 0) is 31.4 Å². The maximum Gasteiger partial charge on any atom is 0.411 e. The minimum Gasteiger partial charge on any atom is -0.439 e. The van der Waals surface area contributed by atoms with Gasteiger partial charge in [0.15, 0.2) is 5.69 Å². The fourth-order valence-corrected chi connectivity index (χ4v) is 4.67. The number of para-hydroxylation sites is 1. The number of aromatic amines is 1. The number of benzene rings is 2. The average Bonchev–Trinajstić information content (AvgIpc) is 3.35. The first-order valence-electron chi connectivity index (χ1n) is 10.4. The summed E-state index contributed by atoms with van der Waals surface area (Å²) in [6.07, 6.45) is 0.942. The van der Waals surface area contributed by atoms with Crippen LogP contribution in [-0.4, -0.2) is 57.2 Å². The molecule has 1 aromatic heterocycles. The number of nitrogens with one attached hydrogen (secondary N) is 1. The summed E-state index contributed by atoms with van der Waals surface area (Å²) in [5.74, 6) is -0.0647. The van der Waals surface area contributed by atoms with Crippen LogP contribution in [0, 0.1) is 0 Å². The molecule has 2 atom stereocenters. The average molecular weight is 404 g/mol. The van der Waals surface area contributed by atoms with Crippen molar-refractivity contribution < 1.29 is 14.3 Å². The van der Waals surface area contributed by atoms with Gasteiger partial charge in [-0.25, -0.2) is 4.79 Å². The van der Waals surface area contributed by atoms with E-state index in [-0.39, 0.29) is 30.2 Å². The van der Waals surface area contributed by atoms with Crippen LogP contribution >= 0.6 is 0 Å². The van der Waals surface area contributed by atoms with Gasteiger partial charge in [0, 0.05) is 24.5 Å². The lowest BCUT2D eigenvalue weighted by Crippen LogP contribution is -2.49. The molecule has 5 rings (SSSR count). The normalized spacial score (nSPS) is 22.5. The third-order valence-corrected chi connectivity index (χ3v) is 6.26. The number of carbonyl (C=O) groups excluding carboxylic acids is 2. The highest BCUT2D eigenvalue weighted by molar-refractivity contribution is 6.04. The zero-order valence-electron chi connectivity index (χ0n) is 16.8. The number of aromatic nitrogens is 2. The largest absolute Gasteiger partial charge is 0.439 e. The first-order chi connectivity index (χ1) is 14.6. The van der Waals surface area contributed by atoms with Crippen LogP contribution in [0.2, 0.25) is 0 Å². The number of H-pyrrole nitrogens is 1. The van der Waals surface area contributed by atoms with Crippen molar-refractivity contribution in [3.05, 3.63) is 65.9 Å². The van der Waals surface area contributed by atoms with Crippen LogP contribution in [0.1, 0.15) is 41.9 Å². The van der Waals surface area contributed by atoms with Crippen LogP contribution in [-0.2, 0) is 4.74 Å². The van der Waals surface area contributed by atoms with Gasteiger partial charge in [0.25, 0.3) is 5.91 Å². The Morgan fingerprint density at radius 2 is 1.77 bits per heavy atom. The zero-order valence-corrected chi connectivity index (χ0v) is 16.8. The highest BCUT2D eigenvalue weighted by Crippen LogP contribution is 2.36. The molecule has 7 heteroatoms. The Morgan fingerprint density at radius 3 is 2.53 bits per heavy atom. The van der Waals surface area contributed by atoms with Gasteiger partial charge >= 0.3 is 6.09 Å². The molecule has 0 radical (unpaired) electrons. The molecule has 3 heterocycles. The first kappa shape index (κ1) is 18.7. The van der Waals surface area contributed by atoms with Crippen molar-refractivity contribution >= 4 is 22.9 Å². The van der Waals surface area contributed by atoms with Crippen LogP contribution in [0.15, 0.2) is 54.6 Å². The number of nitrogens with zero attached hydrogens (tertiary/aromatic N) is 3. The summed E-state index contributed by atoms with van der Waals surface area (Å²) in [7, 11) is 0. The van der Waals surface area contributed by atoms with Crippen molar-refractivity contribution in [2.45, 2.75) is 38.0 Å². The number of ether oxygens (including phenoxy) is 1. The fraction of sp³-hybridized carbons (Fsp3) is 0.348. The number of cyclic esters (lactones) is 1. The van der Waals surface area contributed by atoms with E-state index in [1.807, 2.05) is 71.3 Å². The second kappa shape index (κ2) is 7.48. The molecule has 154 valence electrons. The molecule has 0 bridgehead atoms. The Hall–Kier alpha value is -3.35. The SMILES string of the molecule is C[C@H]1[C@@H](c2ccccc2)OC(=O)N1C1CCN(C(=O)c2n[nH]c3ccccc23)CC1. The van der Waals surface area contributed by atoms with E-state index in [0.717, 1.165) is 29.3 Å². The molecule has 1 N–H and O–H groups in total. The highest BCUT2D eigenvalue weighted by Gasteiger charge is 2.44. The summed E-state index contributed by atoms with van der Waals surface area (Å²) in [4.78, 5) is 29.3. The Bertz CT molecular complexity index is 1070. The molecule has 2 amide bonds. The lowest BCUT2D eigenvalue weighted by atomic mass is 9.98. The molecule has 2 aliphatic rings. The van der Waals surface area contributed by atoms with Gasteiger partial charge in [-0.2, -0.15) is 5.10 Å². The number of amides is 2. The third kappa shape index (κ3) is 3.10. The fourth-order valence-electron chi connectivity index (χ4n) is 4.67. The molecular weight excluding hydrogens is 380 g/mol. The summed E-state index contributed by atoms with van der Waals surface area (Å²) in [6.45, 7) is 3.23. The zero-order chi connectivity index (χ0) is 20.7. The summed E-state index contributed by atoms with van der Waals surface area (Å²) < 4.78 is 5.70. The van der Waals surface area contributed by atoms with Gasteiger partial charge in [0.05, 0.1) is 11.6 Å². The van der Waals surface area contributed by atoms with Crippen LogP contribution in [0.3, 0.4) is 0 Å². The lowest BCUT2D eigenvalue weighted by molar-refractivity contribution is 0.0637. The molecule has 30 heavy (non-hydrogen) atoms. The standard InChI is InChI=1S/C23H24N4O3/c1-15-21(16-7-3-2-4-8-16)30-23(29)27(15)17-11-13-26(14-12-17)22(28)20-18-9-5-6-10-19(18)24-25-20/h2-10,15,17,21H,11-14H2,1H3,(H,24,25)/t15-,21-/m0/s1. The molecular formula is C23H24N4O3. The van der Waals surface area contributed by atoms with Crippen LogP contribution in [0.5, 0.6) is 0 Å². The topological polar surface area (TPSA) is 78.5 Å². The van der Waals surface area contributed by atoms with Crippen LogP contribution < -0.4 is 0 Å². The van der Waals surface area contributed by atoms with Crippen molar-refractivity contribution in [2.75, 3.05) is 13.1 Å². The lowest BCUT2D eigenvalue weighted by Gasteiger charge is -2.37. The van der Waals surface area contributed by atoms with Crippen LogP contribution in [0.4, 0.5) is 4.79 Å². The Balaban J connectivity index is 1.27. The molecule has 0 aliphatic carbocycles. The van der Waals surface area contributed by atoms with Gasteiger partial charge < -0.3 is 9.64 Å². The smallest absolute Gasteiger partial charge is 0.411 e. The van der Waals surface area contributed by atoms with E-state index >= 15 is 0 Å². The minimum atomic E-state index is -0.264. The molecule has 2 aromatic carbocycles. The van der Waals surface area contributed by atoms with E-state index in [0.29, 0.717) is 18.8 Å². The third-order valence-electron chi connectivity index (χ3n) is 6.26. The number of likely N-dealkylation sites (tertiary alicyclic amines) is 1. The van der Waals surface area contributed by atoms with Crippen molar-refractivity contribution in [2.24, 2.45) is 0 Å². The number of rotatable bonds is 3. The van der Waals surface area contributed by atoms with Crippen molar-refractivity contribution in [3.8, 4) is 0 Å². The predicted molar refractivity (Wildman–Crippen MR) is 112 cm³/mol. The maximum absolute atomic E-state index is 13.0. The monoisotopic (exact) mass is 404 g/mol. The van der Waals surface area contributed by atoms with Crippen molar-refractivity contribution in [1.82, 2.24) is 20.0 Å². The Kier molecular flexibility index (Phi) is 4.65. The second-order valence-electron chi connectivity index (χ2n) is 8.00. The van der Waals surface area contributed by atoms with Gasteiger partial charge in [-0.1, -0.05) is 48.5 Å². The van der Waals surface area contributed by atoms with Gasteiger partial charge in [0.1, 0.15) is 6.10 Å². The highest BCUT2D eigenvalue weighted by atomic mass is 16.6. The molecule has 0 saturated carbocycles. The predicted octanol–water partition coefficient (Wildman–Crippen LogP) is 3.75. The number of hydrogen-bond donors (Lipinski definition) is 1. The maximum atomic E-state index is 13.0. The summed E-state index contributed by atoms with van der Waals surface area (Å²) >= 11 is 0. The molecule has 2 saturated heterocycles. The molecule has 3 aromatic rings. The number of fused-ring (bicyclic) bond motifs is 1. The molecule has 2 fully saturated rings. The number of piperidine rings is 1. The first-order valence-corrected chi connectivity index (χ1v) is 10.4. The quantitative estimate of drug-likeness (QED) is 0.721. The van der Waals surface area contributed by atoms with E-state index in [2.05, 4.69) is 10.2 Å². The summed E-state index contributed by atoms with van der Waals surface area (Å²) in [5, 5.41) is 8.00. The summed E-state index contributed by atoms with van der Waals surface area (Å²) in [5.41, 5.74) is 2.33.